The molecule has 7 heteroatoms. The molecule has 0 fully saturated rings. The zero-order valence-corrected chi connectivity index (χ0v) is 15.5. The van der Waals surface area contributed by atoms with Crippen molar-refractivity contribution in [1.82, 2.24) is 0 Å². The van der Waals surface area contributed by atoms with Crippen LogP contribution in [0.4, 0.5) is 0 Å². The lowest BCUT2D eigenvalue weighted by atomic mass is 10.5. The Bertz CT molecular complexity index is 168. The molecule has 0 nitrogen and oxygen atoms in total. The van der Waals surface area contributed by atoms with Crippen molar-refractivity contribution in [2.24, 2.45) is 0 Å². The van der Waals surface area contributed by atoms with Gasteiger partial charge in [-0.1, -0.05) is 6.92 Å². The second-order valence-electron chi connectivity index (χ2n) is 3.44. The van der Waals surface area contributed by atoms with Crippen molar-refractivity contribution < 1.29 is 0 Å². The molecule has 0 aliphatic heterocycles. The van der Waals surface area contributed by atoms with Crippen molar-refractivity contribution in [1.29, 1.82) is 0 Å². The maximum absolute atomic E-state index is 4.56. The maximum Gasteiger partial charge on any atom is 0.0613 e. The molecule has 2 atom stereocenters. The highest BCUT2D eigenvalue weighted by atomic mass is 32.2. The molecule has 0 aromatic carbocycles. The molecule has 0 aromatic rings. The lowest BCUT2D eigenvalue weighted by Gasteiger charge is -2.18. The Kier molecular flexibility index (Phi) is 11.8. The highest BCUT2D eigenvalue weighted by Crippen LogP contribution is 2.31. The van der Waals surface area contributed by atoms with Crippen LogP contribution in [0.1, 0.15) is 13.8 Å². The van der Waals surface area contributed by atoms with E-state index in [2.05, 4.69) is 57.4 Å². The molecule has 0 radical (unpaired) electrons. The van der Waals surface area contributed by atoms with Crippen molar-refractivity contribution in [3.63, 3.8) is 0 Å². The molecule has 0 aliphatic rings. The van der Waals surface area contributed by atoms with Crippen LogP contribution in [0.5, 0.6) is 0 Å². The summed E-state index contributed by atoms with van der Waals surface area (Å²) >= 11 is 23.4. The van der Waals surface area contributed by atoms with Gasteiger partial charge in [0.1, 0.15) is 0 Å². The average Bonchev–Trinajstić information content (AvgIpc) is 2.12. The third kappa shape index (κ3) is 12.9. The molecule has 0 spiro atoms. The molecule has 0 aliphatic carbocycles. The molecule has 0 saturated carbocycles. The van der Waals surface area contributed by atoms with Crippen LogP contribution in [0.25, 0.3) is 0 Å². The first kappa shape index (κ1) is 18.4. The molecule has 0 saturated heterocycles. The highest BCUT2D eigenvalue weighted by Gasteiger charge is 2.15. The van der Waals surface area contributed by atoms with E-state index in [1.165, 1.54) is 0 Å². The summed E-state index contributed by atoms with van der Waals surface area (Å²) in [6, 6.07) is 0. The van der Waals surface area contributed by atoms with Crippen molar-refractivity contribution in [2.75, 3.05) is 23.0 Å². The predicted octanol–water partition coefficient (Wildman–Crippen LogP) is 4.29. The standard InChI is InChI=1S/C9H20S7/c1-3-14-4-7(10)16-8(11)5-15-6-9(2,12)13/h7-8,10-13H,3-6H2,1-2H3. The van der Waals surface area contributed by atoms with Crippen molar-refractivity contribution >= 4 is 85.8 Å². The monoisotopic (exact) mass is 352 g/mol. The van der Waals surface area contributed by atoms with Gasteiger partial charge >= 0.3 is 0 Å². The SMILES string of the molecule is CCSCC(S)SC(S)CSCC(C)(S)S. The first-order chi connectivity index (χ1) is 7.35. The first-order valence-corrected chi connectivity index (χ1v) is 10.1. The van der Waals surface area contributed by atoms with Gasteiger partial charge in [0.15, 0.2) is 0 Å². The van der Waals surface area contributed by atoms with Gasteiger partial charge in [-0.05, 0) is 12.7 Å². The van der Waals surface area contributed by atoms with Crippen molar-refractivity contribution in [3.8, 4) is 0 Å². The van der Waals surface area contributed by atoms with Crippen molar-refractivity contribution in [2.45, 2.75) is 27.1 Å². The quantitative estimate of drug-likeness (QED) is 0.361. The van der Waals surface area contributed by atoms with Gasteiger partial charge < -0.3 is 0 Å². The second kappa shape index (κ2) is 10.3. The van der Waals surface area contributed by atoms with Crippen LogP contribution in [0, 0.1) is 0 Å². The van der Waals surface area contributed by atoms with E-state index >= 15 is 0 Å². The summed E-state index contributed by atoms with van der Waals surface area (Å²) in [6.07, 6.45) is 0. The predicted molar refractivity (Wildman–Crippen MR) is 99.8 cm³/mol. The zero-order valence-electron chi connectivity index (χ0n) is 9.50. The van der Waals surface area contributed by atoms with E-state index in [1.807, 2.05) is 42.2 Å². The van der Waals surface area contributed by atoms with Gasteiger partial charge in [-0.25, -0.2) is 0 Å². The van der Waals surface area contributed by atoms with Gasteiger partial charge in [-0.3, -0.25) is 0 Å². The Labute approximate surface area is 135 Å². The smallest absolute Gasteiger partial charge is 0.0613 e. The van der Waals surface area contributed by atoms with Crippen LogP contribution >= 0.6 is 85.8 Å². The number of thioether (sulfide) groups is 3. The molecule has 98 valence electrons. The van der Waals surface area contributed by atoms with Gasteiger partial charge in [0.25, 0.3) is 0 Å². The second-order valence-corrected chi connectivity index (χ2v) is 11.5. The molecule has 0 heterocycles. The third-order valence-corrected chi connectivity index (χ3v) is 7.46. The summed E-state index contributed by atoms with van der Waals surface area (Å²) in [5.74, 6) is 4.18. The summed E-state index contributed by atoms with van der Waals surface area (Å²) in [5.41, 5.74) is 0. The average molecular weight is 353 g/mol. The molecule has 2 unspecified atom stereocenters. The fraction of sp³-hybridized carbons (Fsp3) is 1.00. The van der Waals surface area contributed by atoms with Crippen LogP contribution in [-0.2, 0) is 0 Å². The Morgan fingerprint density at radius 3 is 2.00 bits per heavy atom. The van der Waals surface area contributed by atoms with Crippen molar-refractivity contribution in [3.05, 3.63) is 0 Å². The Hall–Kier alpha value is 2.45. The lowest BCUT2D eigenvalue weighted by molar-refractivity contribution is 1.07. The molecule has 16 heavy (non-hydrogen) atoms. The fourth-order valence-electron chi connectivity index (χ4n) is 0.832. The zero-order chi connectivity index (χ0) is 12.6. The van der Waals surface area contributed by atoms with E-state index in [0.29, 0.717) is 9.16 Å². The third-order valence-electron chi connectivity index (χ3n) is 1.41. The van der Waals surface area contributed by atoms with Crippen LogP contribution < -0.4 is 0 Å². The largest absolute Gasteiger partial charge is 0.164 e. The number of thiol groups is 4. The minimum Gasteiger partial charge on any atom is -0.164 e. The minimum atomic E-state index is -0.193. The summed E-state index contributed by atoms with van der Waals surface area (Å²) in [6.45, 7) is 4.18. The molecule has 0 N–H and O–H groups in total. The van der Waals surface area contributed by atoms with E-state index in [4.69, 9.17) is 0 Å². The number of rotatable bonds is 9. The van der Waals surface area contributed by atoms with Gasteiger partial charge in [0.05, 0.1) is 13.2 Å². The molecule has 0 bridgehead atoms. The Morgan fingerprint density at radius 2 is 1.56 bits per heavy atom. The van der Waals surface area contributed by atoms with Gasteiger partial charge in [0.2, 0.25) is 0 Å². The Morgan fingerprint density at radius 1 is 1.06 bits per heavy atom. The fourth-order valence-corrected chi connectivity index (χ4v) is 5.89. The molecule has 0 amide bonds. The maximum atomic E-state index is 4.56. The molecular weight excluding hydrogens is 333 g/mol. The Balaban J connectivity index is 3.54. The van der Waals surface area contributed by atoms with Gasteiger partial charge in [-0.2, -0.15) is 74.0 Å². The summed E-state index contributed by atoms with van der Waals surface area (Å²) in [4.78, 5) is 0. The molecule has 0 aromatic heterocycles. The highest BCUT2D eigenvalue weighted by molar-refractivity contribution is 8.18. The normalized spacial score (nSPS) is 16.1. The number of hydrogen-bond donors (Lipinski definition) is 4. The summed E-state index contributed by atoms with van der Waals surface area (Å²) in [5, 5.41) is 0. The molecule has 0 rings (SSSR count). The van der Waals surface area contributed by atoms with Crippen LogP contribution in [0.15, 0.2) is 0 Å². The molecular formula is C9H20S7. The van der Waals surface area contributed by atoms with E-state index in [1.54, 1.807) is 0 Å². The van der Waals surface area contributed by atoms with Gasteiger partial charge in [-0.15, -0.1) is 11.8 Å². The van der Waals surface area contributed by atoms with E-state index in [-0.39, 0.29) is 4.08 Å². The van der Waals surface area contributed by atoms with Gasteiger partial charge in [0, 0.05) is 17.3 Å². The topological polar surface area (TPSA) is 0 Å². The van der Waals surface area contributed by atoms with E-state index < -0.39 is 0 Å². The number of hydrogen-bond acceptors (Lipinski definition) is 7. The van der Waals surface area contributed by atoms with E-state index in [9.17, 15) is 0 Å². The summed E-state index contributed by atoms with van der Waals surface area (Å²) in [7, 11) is 0. The minimum absolute atomic E-state index is 0.193. The summed E-state index contributed by atoms with van der Waals surface area (Å²) < 4.78 is 0.529. The van der Waals surface area contributed by atoms with E-state index in [0.717, 1.165) is 23.0 Å². The van der Waals surface area contributed by atoms with Crippen LogP contribution in [0.3, 0.4) is 0 Å². The van der Waals surface area contributed by atoms with Crippen LogP contribution in [-0.4, -0.2) is 36.3 Å². The lowest BCUT2D eigenvalue weighted by Crippen LogP contribution is -2.13. The van der Waals surface area contributed by atoms with Crippen LogP contribution in [0.2, 0.25) is 0 Å². The first-order valence-electron chi connectivity index (χ1n) is 4.97.